The van der Waals surface area contributed by atoms with Crippen LogP contribution in [0.15, 0.2) is 16.8 Å². The molecule has 1 unspecified atom stereocenters. The van der Waals surface area contributed by atoms with Crippen LogP contribution in [0.2, 0.25) is 0 Å². The molecular weight excluding hydrogens is 220 g/mol. The Morgan fingerprint density at radius 1 is 1.50 bits per heavy atom. The molecule has 4 heteroatoms. The molecule has 0 bridgehead atoms. The second-order valence-corrected chi connectivity index (χ2v) is 5.15. The van der Waals surface area contributed by atoms with E-state index in [9.17, 15) is 4.79 Å². The smallest absolute Gasteiger partial charge is 0.242 e. The summed E-state index contributed by atoms with van der Waals surface area (Å²) in [6, 6.07) is 2.23. The monoisotopic (exact) mass is 238 g/mol. The minimum absolute atomic E-state index is 0.109. The molecule has 1 amide bonds. The van der Waals surface area contributed by atoms with Crippen LogP contribution in [0.1, 0.15) is 32.6 Å². The van der Waals surface area contributed by atoms with Gasteiger partial charge in [0.1, 0.15) is 6.04 Å². The Balaban J connectivity index is 1.79. The lowest BCUT2D eigenvalue weighted by atomic mass is 10.2. The van der Waals surface area contributed by atoms with Crippen LogP contribution in [0.25, 0.3) is 0 Å². The molecule has 1 saturated carbocycles. The minimum atomic E-state index is -0.157. The molecule has 0 aromatic carbocycles. The summed E-state index contributed by atoms with van der Waals surface area (Å²) in [5, 5.41) is 10.3. The van der Waals surface area contributed by atoms with Crippen molar-refractivity contribution < 1.29 is 4.79 Å². The number of thiophene rings is 1. The van der Waals surface area contributed by atoms with Crippen molar-refractivity contribution >= 4 is 22.9 Å². The molecule has 1 heterocycles. The van der Waals surface area contributed by atoms with Crippen molar-refractivity contribution in [2.75, 3.05) is 5.32 Å². The summed E-state index contributed by atoms with van der Waals surface area (Å²) in [6.45, 7) is 1.90. The van der Waals surface area contributed by atoms with Gasteiger partial charge in [-0.2, -0.15) is 11.3 Å². The van der Waals surface area contributed by atoms with E-state index in [1.165, 1.54) is 12.8 Å². The van der Waals surface area contributed by atoms with Crippen molar-refractivity contribution in [2.24, 2.45) is 0 Å². The summed E-state index contributed by atoms with van der Waals surface area (Å²) in [5.74, 6) is 0.109. The summed E-state index contributed by atoms with van der Waals surface area (Å²) in [6.07, 6.45) is 4.77. The first-order valence-electron chi connectivity index (χ1n) is 5.85. The molecular formula is C12H18N2OS. The zero-order valence-corrected chi connectivity index (χ0v) is 10.3. The summed E-state index contributed by atoms with van der Waals surface area (Å²) < 4.78 is 0. The number of carbonyl (C=O) groups excluding carboxylic acids is 1. The van der Waals surface area contributed by atoms with E-state index < -0.39 is 0 Å². The topological polar surface area (TPSA) is 41.1 Å². The first-order valence-corrected chi connectivity index (χ1v) is 6.79. The number of hydrogen-bond donors (Lipinski definition) is 2. The van der Waals surface area contributed by atoms with Gasteiger partial charge in [-0.3, -0.25) is 4.79 Å². The molecule has 0 spiro atoms. The second-order valence-electron chi connectivity index (χ2n) is 4.37. The summed E-state index contributed by atoms with van der Waals surface area (Å²) in [5.41, 5.74) is 1.03. The van der Waals surface area contributed by atoms with E-state index in [2.05, 4.69) is 10.6 Å². The van der Waals surface area contributed by atoms with E-state index in [-0.39, 0.29) is 11.9 Å². The molecule has 1 fully saturated rings. The van der Waals surface area contributed by atoms with Gasteiger partial charge in [-0.15, -0.1) is 0 Å². The zero-order chi connectivity index (χ0) is 11.4. The van der Waals surface area contributed by atoms with Crippen molar-refractivity contribution in [1.82, 2.24) is 5.32 Å². The first-order chi connectivity index (χ1) is 7.75. The molecule has 1 atom stereocenters. The van der Waals surface area contributed by atoms with Crippen LogP contribution in [-0.2, 0) is 4.79 Å². The summed E-state index contributed by atoms with van der Waals surface area (Å²) in [4.78, 5) is 11.9. The van der Waals surface area contributed by atoms with Crippen molar-refractivity contribution in [3.63, 3.8) is 0 Å². The molecule has 2 rings (SSSR count). The lowest BCUT2D eigenvalue weighted by Gasteiger charge is -2.17. The molecule has 3 nitrogen and oxygen atoms in total. The molecule has 0 saturated heterocycles. The number of carbonyl (C=O) groups is 1. The van der Waals surface area contributed by atoms with Gasteiger partial charge < -0.3 is 10.6 Å². The van der Waals surface area contributed by atoms with E-state index in [0.717, 1.165) is 18.5 Å². The Labute approximate surface area is 100 Å². The van der Waals surface area contributed by atoms with E-state index in [1.54, 1.807) is 11.3 Å². The molecule has 0 aliphatic heterocycles. The highest BCUT2D eigenvalue weighted by Gasteiger charge is 2.20. The van der Waals surface area contributed by atoms with Gasteiger partial charge in [0.05, 0.1) is 0 Å². The van der Waals surface area contributed by atoms with Crippen molar-refractivity contribution in [3.8, 4) is 0 Å². The predicted octanol–water partition coefficient (Wildman–Crippen LogP) is 2.61. The lowest BCUT2D eigenvalue weighted by Crippen LogP contribution is -2.42. The van der Waals surface area contributed by atoms with Gasteiger partial charge >= 0.3 is 0 Å². The average Bonchev–Trinajstić information content (AvgIpc) is 2.90. The highest BCUT2D eigenvalue weighted by Crippen LogP contribution is 2.18. The maximum Gasteiger partial charge on any atom is 0.242 e. The molecule has 2 N–H and O–H groups in total. The highest BCUT2D eigenvalue weighted by atomic mass is 32.1. The van der Waals surface area contributed by atoms with Crippen molar-refractivity contribution in [3.05, 3.63) is 16.8 Å². The largest absolute Gasteiger partial charge is 0.373 e. The normalized spacial score (nSPS) is 18.3. The predicted molar refractivity (Wildman–Crippen MR) is 67.8 cm³/mol. The maximum atomic E-state index is 11.9. The van der Waals surface area contributed by atoms with Crippen LogP contribution < -0.4 is 10.6 Å². The fourth-order valence-electron chi connectivity index (χ4n) is 2.06. The standard InChI is InChI=1S/C12H18N2OS/c1-9(13-11-6-7-16-8-11)12(15)14-10-4-2-3-5-10/h6-10,13H,2-5H2,1H3,(H,14,15). The third kappa shape index (κ3) is 2.98. The third-order valence-electron chi connectivity index (χ3n) is 3.00. The molecule has 1 aromatic heterocycles. The van der Waals surface area contributed by atoms with Gasteiger partial charge in [-0.05, 0) is 31.2 Å². The number of hydrogen-bond acceptors (Lipinski definition) is 3. The van der Waals surface area contributed by atoms with Crippen molar-refractivity contribution in [1.29, 1.82) is 0 Å². The van der Waals surface area contributed by atoms with E-state index >= 15 is 0 Å². The van der Waals surface area contributed by atoms with E-state index in [0.29, 0.717) is 6.04 Å². The van der Waals surface area contributed by atoms with E-state index in [4.69, 9.17) is 0 Å². The summed E-state index contributed by atoms with van der Waals surface area (Å²) >= 11 is 1.63. The number of amides is 1. The first kappa shape index (κ1) is 11.5. The lowest BCUT2D eigenvalue weighted by molar-refractivity contribution is -0.122. The minimum Gasteiger partial charge on any atom is -0.373 e. The van der Waals surface area contributed by atoms with Crippen LogP contribution >= 0.6 is 11.3 Å². The van der Waals surface area contributed by atoms with Crippen LogP contribution in [0.3, 0.4) is 0 Å². The van der Waals surface area contributed by atoms with Gasteiger partial charge in [-0.1, -0.05) is 12.8 Å². The third-order valence-corrected chi connectivity index (χ3v) is 3.68. The van der Waals surface area contributed by atoms with Crippen molar-refractivity contribution in [2.45, 2.75) is 44.7 Å². The van der Waals surface area contributed by atoms with Gasteiger partial charge in [-0.25, -0.2) is 0 Å². The fraction of sp³-hybridized carbons (Fsp3) is 0.583. The Bertz CT molecular complexity index is 331. The zero-order valence-electron chi connectivity index (χ0n) is 9.53. The number of anilines is 1. The Kier molecular flexibility index (Phi) is 3.83. The maximum absolute atomic E-state index is 11.9. The Morgan fingerprint density at radius 2 is 2.25 bits per heavy atom. The van der Waals surface area contributed by atoms with Gasteiger partial charge in [0.25, 0.3) is 0 Å². The molecule has 16 heavy (non-hydrogen) atoms. The van der Waals surface area contributed by atoms with Crippen LogP contribution in [0, 0.1) is 0 Å². The van der Waals surface area contributed by atoms with Crippen LogP contribution in [-0.4, -0.2) is 18.0 Å². The Hall–Kier alpha value is -1.03. The van der Waals surface area contributed by atoms with Gasteiger partial charge in [0, 0.05) is 17.1 Å². The second kappa shape index (κ2) is 5.34. The fourth-order valence-corrected chi connectivity index (χ4v) is 2.66. The molecule has 1 aromatic rings. The van der Waals surface area contributed by atoms with Gasteiger partial charge in [0.15, 0.2) is 0 Å². The number of rotatable bonds is 4. The van der Waals surface area contributed by atoms with Crippen LogP contribution in [0.5, 0.6) is 0 Å². The molecule has 88 valence electrons. The van der Waals surface area contributed by atoms with E-state index in [1.807, 2.05) is 23.8 Å². The molecule has 1 aliphatic carbocycles. The summed E-state index contributed by atoms with van der Waals surface area (Å²) in [7, 11) is 0. The van der Waals surface area contributed by atoms with Crippen LogP contribution in [0.4, 0.5) is 5.69 Å². The SMILES string of the molecule is CC(Nc1ccsc1)C(=O)NC1CCCC1. The number of nitrogens with one attached hydrogen (secondary N) is 2. The quantitative estimate of drug-likeness (QED) is 0.846. The molecule has 1 aliphatic rings. The van der Waals surface area contributed by atoms with Gasteiger partial charge in [0.2, 0.25) is 5.91 Å². The highest BCUT2D eigenvalue weighted by molar-refractivity contribution is 7.08. The average molecular weight is 238 g/mol. The molecule has 0 radical (unpaired) electrons. The Morgan fingerprint density at radius 3 is 2.88 bits per heavy atom.